The summed E-state index contributed by atoms with van der Waals surface area (Å²) in [5.41, 5.74) is 41.9. The lowest BCUT2D eigenvalue weighted by molar-refractivity contribution is 0.656. The Morgan fingerprint density at radius 1 is 0.187 bits per heavy atom. The van der Waals surface area contributed by atoms with E-state index in [2.05, 4.69) is 503 Å². The molecule has 3 aromatic heterocycles. The second kappa shape index (κ2) is 29.9. The Morgan fingerprint density at radius 3 is 0.951 bits per heavy atom. The van der Waals surface area contributed by atoms with Crippen molar-refractivity contribution in [2.75, 3.05) is 0 Å². The van der Waals surface area contributed by atoms with Gasteiger partial charge in [0.25, 0.3) is 0 Å². The maximum atomic E-state index is 3.63. The van der Waals surface area contributed by atoms with Crippen molar-refractivity contribution in [1.29, 1.82) is 0 Å². The molecule has 0 aliphatic heterocycles. The minimum Gasteiger partial charge on any atom is -0.309 e. The molecule has 588 valence electrons. The molecule has 0 saturated carbocycles. The number of para-hydroxylation sites is 3. The van der Waals surface area contributed by atoms with Crippen LogP contribution in [-0.2, 0) is 16.2 Å². The monoisotopic (exact) mass is 1770 g/mol. The van der Waals surface area contributed by atoms with Crippen LogP contribution in [0.4, 0.5) is 0 Å². The smallest absolute Gasteiger partial charge is 0.0547 e. The molecule has 18 aromatic carbocycles. The molecule has 0 bridgehead atoms. The summed E-state index contributed by atoms with van der Waals surface area (Å²) in [6.07, 6.45) is 0. The minimum atomic E-state index is -0.101. The number of nitrogens with zero attached hydrogens (tertiary/aromatic N) is 3. The molecule has 6 heteroatoms. The molecule has 0 N–H and O–H groups in total. The third-order valence-corrected chi connectivity index (χ3v) is 28.0. The summed E-state index contributed by atoms with van der Waals surface area (Å²) in [5, 5.41) is 7.66. The molecule has 3 heterocycles. The molecule has 0 radical (unpaired) electrons. The molecule has 123 heavy (non-hydrogen) atoms. The van der Waals surface area contributed by atoms with Gasteiger partial charge in [-0.3, -0.25) is 0 Å². The van der Waals surface area contributed by atoms with Crippen molar-refractivity contribution in [3.05, 3.63) is 447 Å². The molecule has 3 aliphatic carbocycles. The standard InChI is InChI=1S/3C39H28BrN/c1-39(2)33-16-5-3-15-32(33)38-34(39)17-9-19-36(38)41-35-18-6-4-14-30(35)31-21-20-28(24-37(31)41)26-11-7-10-25(22-26)27-12-8-13-29(40)23-27;1-39(2)34-17-5-3-14-30(34)33-16-9-19-36(38(33)39)41-35-18-6-4-15-31(35)32-21-20-28(24-37(32)41)26-11-7-10-25(22-26)27-12-8-13-29(40)23-27;1-39(2)35-15-5-3-13-31(35)34-24-30(18-20-36(34)39)41-37-16-6-4-14-32(37)33-19-17-28(23-38(33)41)26-10-7-9-25(21-26)27-11-8-12-29(40)22-27/h3*3-24H,1-2H3. The molecule has 0 saturated heterocycles. The lowest BCUT2D eigenvalue weighted by Gasteiger charge is -2.25. The SMILES string of the molecule is CC1(C)c2ccccc2-c2c(-n3c4ccccc4c4ccc(-c5cccc(-c6cccc(Br)c6)c5)cc43)cccc21.CC1(C)c2ccccc2-c2cc(-n3c4ccccc4c4ccc(-c5cccc(-c6cccc(Br)c6)c5)cc43)ccc21.CC1(C)c2ccccc2-c2cccc(-n3c4ccccc4c4ccc(-c5cccc(-c6cccc(Br)c6)c5)cc43)c21. The van der Waals surface area contributed by atoms with Crippen LogP contribution in [0, 0.1) is 0 Å². The van der Waals surface area contributed by atoms with Crippen LogP contribution in [0.25, 0.3) is 183 Å². The highest BCUT2D eigenvalue weighted by molar-refractivity contribution is 9.11. The third kappa shape index (κ3) is 12.7. The van der Waals surface area contributed by atoms with Gasteiger partial charge in [-0.15, -0.1) is 0 Å². The molecule has 0 unspecified atom stereocenters. The van der Waals surface area contributed by atoms with Crippen LogP contribution >= 0.6 is 47.8 Å². The van der Waals surface area contributed by atoms with Gasteiger partial charge in [0.15, 0.2) is 0 Å². The van der Waals surface area contributed by atoms with E-state index >= 15 is 0 Å². The fraction of sp³-hybridized carbons (Fsp3) is 0.0769. The van der Waals surface area contributed by atoms with Gasteiger partial charge >= 0.3 is 0 Å². The third-order valence-electron chi connectivity index (χ3n) is 26.5. The van der Waals surface area contributed by atoms with E-state index in [0.717, 1.165) is 13.4 Å². The summed E-state index contributed by atoms with van der Waals surface area (Å²) in [5.74, 6) is 0. The quantitative estimate of drug-likeness (QED) is 0.137. The molecule has 0 amide bonds. The van der Waals surface area contributed by atoms with Crippen molar-refractivity contribution in [2.45, 2.75) is 57.8 Å². The Hall–Kier alpha value is -13.2. The number of hydrogen-bond acceptors (Lipinski definition) is 0. The average Bonchev–Trinajstić information content (AvgIpc) is 1.55. The van der Waals surface area contributed by atoms with Crippen molar-refractivity contribution in [2.24, 2.45) is 0 Å². The number of fused-ring (bicyclic) bond motifs is 18. The number of benzene rings is 18. The summed E-state index contributed by atoms with van der Waals surface area (Å²) in [4.78, 5) is 0. The van der Waals surface area contributed by atoms with E-state index in [1.54, 1.807) is 0 Å². The second-order valence-electron chi connectivity index (χ2n) is 34.7. The van der Waals surface area contributed by atoms with Gasteiger partial charge in [0.05, 0.1) is 44.5 Å². The summed E-state index contributed by atoms with van der Waals surface area (Å²) in [7, 11) is 0. The Bertz CT molecular complexity index is 7900. The van der Waals surface area contributed by atoms with E-state index in [4.69, 9.17) is 0 Å². The molecule has 0 fully saturated rings. The van der Waals surface area contributed by atoms with Crippen LogP contribution in [0.3, 0.4) is 0 Å². The zero-order valence-corrected chi connectivity index (χ0v) is 73.8. The molecule has 24 rings (SSSR count). The largest absolute Gasteiger partial charge is 0.309 e. The Kier molecular flexibility index (Phi) is 18.4. The summed E-state index contributed by atoms with van der Waals surface area (Å²) < 4.78 is 10.7. The highest BCUT2D eigenvalue weighted by atomic mass is 79.9. The summed E-state index contributed by atoms with van der Waals surface area (Å²) in [6.45, 7) is 14.1. The van der Waals surface area contributed by atoms with Gasteiger partial charge in [0.2, 0.25) is 0 Å². The van der Waals surface area contributed by atoms with E-state index in [-0.39, 0.29) is 16.2 Å². The number of hydrogen-bond donors (Lipinski definition) is 0. The lowest BCUT2D eigenvalue weighted by Crippen LogP contribution is -2.18. The molecule has 3 nitrogen and oxygen atoms in total. The van der Waals surface area contributed by atoms with Gasteiger partial charge in [-0.1, -0.05) is 374 Å². The van der Waals surface area contributed by atoms with Crippen molar-refractivity contribution >= 4 is 113 Å². The highest BCUT2D eigenvalue weighted by Crippen LogP contribution is 2.55. The topological polar surface area (TPSA) is 14.8 Å². The van der Waals surface area contributed by atoms with E-state index in [1.807, 2.05) is 0 Å². The molecule has 3 aliphatic rings. The van der Waals surface area contributed by atoms with Gasteiger partial charge in [0, 0.05) is 73.2 Å². The first-order chi connectivity index (χ1) is 60.0. The fourth-order valence-corrected chi connectivity index (χ4v) is 21.9. The van der Waals surface area contributed by atoms with Crippen molar-refractivity contribution < 1.29 is 0 Å². The van der Waals surface area contributed by atoms with Crippen LogP contribution in [0.2, 0.25) is 0 Å². The van der Waals surface area contributed by atoms with Crippen LogP contribution < -0.4 is 0 Å². The van der Waals surface area contributed by atoms with E-state index in [0.29, 0.717) is 0 Å². The second-order valence-corrected chi connectivity index (χ2v) is 37.4. The first-order valence-corrected chi connectivity index (χ1v) is 44.8. The van der Waals surface area contributed by atoms with Crippen molar-refractivity contribution in [3.8, 4) is 117 Å². The predicted molar refractivity (Wildman–Crippen MR) is 531 cm³/mol. The number of halogens is 3. The molecular weight excluding hydrogens is 1690 g/mol. The van der Waals surface area contributed by atoms with Crippen LogP contribution in [0.15, 0.2) is 414 Å². The van der Waals surface area contributed by atoms with Crippen LogP contribution in [-0.4, -0.2) is 13.7 Å². The Labute approximate surface area is 742 Å². The van der Waals surface area contributed by atoms with Crippen LogP contribution in [0.5, 0.6) is 0 Å². The van der Waals surface area contributed by atoms with E-state index in [9.17, 15) is 0 Å². The first-order valence-electron chi connectivity index (χ1n) is 42.4. The average molecular weight is 1770 g/mol. The summed E-state index contributed by atoms with van der Waals surface area (Å²) in [6, 6.07) is 147. The molecule has 0 spiro atoms. The predicted octanol–water partition coefficient (Wildman–Crippen LogP) is 33.6. The zero-order valence-electron chi connectivity index (χ0n) is 69.1. The maximum Gasteiger partial charge on any atom is 0.0547 e. The number of aromatic nitrogens is 3. The zero-order chi connectivity index (χ0) is 83.1. The van der Waals surface area contributed by atoms with E-state index in [1.165, 1.54) is 216 Å². The van der Waals surface area contributed by atoms with Gasteiger partial charge < -0.3 is 13.7 Å². The maximum absolute atomic E-state index is 3.63. The number of rotatable bonds is 9. The van der Waals surface area contributed by atoms with Gasteiger partial charge in [-0.2, -0.15) is 0 Å². The van der Waals surface area contributed by atoms with Crippen molar-refractivity contribution in [1.82, 2.24) is 13.7 Å². The lowest BCUT2D eigenvalue weighted by atomic mass is 9.81. The highest BCUT2D eigenvalue weighted by Gasteiger charge is 2.40. The molecular formula is C117H84Br3N3. The normalized spacial score (nSPS) is 13.4. The van der Waals surface area contributed by atoms with Crippen molar-refractivity contribution in [3.63, 3.8) is 0 Å². The molecule has 21 aromatic rings. The minimum absolute atomic E-state index is 0.00218. The van der Waals surface area contributed by atoms with Crippen LogP contribution in [0.1, 0.15) is 74.9 Å². The van der Waals surface area contributed by atoms with E-state index < -0.39 is 0 Å². The molecule has 0 atom stereocenters. The first kappa shape index (κ1) is 76.0. The van der Waals surface area contributed by atoms with Gasteiger partial charge in [0.1, 0.15) is 0 Å². The Morgan fingerprint density at radius 2 is 0.488 bits per heavy atom. The fourth-order valence-electron chi connectivity index (χ4n) is 20.7. The van der Waals surface area contributed by atoms with Gasteiger partial charge in [-0.05, 0) is 243 Å². The Balaban J connectivity index is 0.000000110. The van der Waals surface area contributed by atoms with Gasteiger partial charge in [-0.25, -0.2) is 0 Å². The summed E-state index contributed by atoms with van der Waals surface area (Å²) >= 11 is 10.9.